The van der Waals surface area contributed by atoms with E-state index in [4.69, 9.17) is 0 Å². The van der Waals surface area contributed by atoms with Gasteiger partial charge in [0.25, 0.3) is 0 Å². The van der Waals surface area contributed by atoms with Gasteiger partial charge >= 0.3 is 25.1 Å². The summed E-state index contributed by atoms with van der Waals surface area (Å²) in [6.45, 7) is 0. The molecule has 40 valence electrons. The van der Waals surface area contributed by atoms with Gasteiger partial charge in [-0.1, -0.05) is 0 Å². The van der Waals surface area contributed by atoms with E-state index in [0.717, 1.165) is 0 Å². The summed E-state index contributed by atoms with van der Waals surface area (Å²) in [5, 5.41) is 2.01. The molecule has 0 aliphatic carbocycles. The van der Waals surface area contributed by atoms with Gasteiger partial charge in [0.15, 0.2) is 0 Å². The number of rotatable bonds is 0. The van der Waals surface area contributed by atoms with Gasteiger partial charge in [-0.15, -0.1) is 0 Å². The smallest absolute Gasteiger partial charge is 0 e. The van der Waals surface area contributed by atoms with Crippen LogP contribution in [0.2, 0.25) is 5.31 Å². The zero-order valence-corrected chi connectivity index (χ0v) is 7.55. The van der Waals surface area contributed by atoms with Crippen LogP contribution in [-0.4, -0.2) is 0 Å². The van der Waals surface area contributed by atoms with Crippen LogP contribution in [0.15, 0.2) is 0 Å². The van der Waals surface area contributed by atoms with Crippen LogP contribution in [0.4, 0.5) is 0 Å². The Balaban J connectivity index is -0.00000000167. The van der Waals surface area contributed by atoms with E-state index in [2.05, 4.69) is 0 Å². The van der Waals surface area contributed by atoms with E-state index in [0.29, 0.717) is 0 Å². The van der Waals surface area contributed by atoms with E-state index in [9.17, 15) is 0 Å². The zero-order valence-electron chi connectivity index (χ0n) is 2.41. The van der Waals surface area contributed by atoms with Crippen LogP contribution in [0.3, 0.4) is 0 Å². The third-order valence-electron chi connectivity index (χ3n) is 0. The summed E-state index contributed by atoms with van der Waals surface area (Å²) in [4.78, 5) is 0. The minimum absolute atomic E-state index is 0. The van der Waals surface area contributed by atoms with Gasteiger partial charge in [-0.05, 0) is 0 Å². The first-order valence-electron chi connectivity index (χ1n) is 0.408. The Morgan fingerprint density at radius 1 is 1.20 bits per heavy atom. The molecule has 0 aliphatic rings. The topological polar surface area (TPSA) is 0 Å². The minimum atomic E-state index is 0. The van der Waals surface area contributed by atoms with Gasteiger partial charge in [-0.3, -0.25) is 0 Å². The fourth-order valence-corrected chi connectivity index (χ4v) is 0. The number of hydrogen-bond donors (Lipinski definition) is 0. The third kappa shape index (κ3) is 22.5. The Hall–Kier alpha value is 2.21. The molecule has 0 amide bonds. The molecule has 0 aromatic rings. The van der Waals surface area contributed by atoms with Crippen LogP contribution in [-0.2, 0) is 70.2 Å². The molecular weight excluding hydrogens is 281 g/mol. The maximum Gasteiger partial charge on any atom is 0 e. The average molecular weight is 284 g/mol. The second-order valence-electron chi connectivity index (χ2n) is 0. The first kappa shape index (κ1) is 27.0. The van der Waals surface area contributed by atoms with Crippen molar-refractivity contribution in [2.24, 2.45) is 0 Å². The second kappa shape index (κ2) is 34.5. The van der Waals surface area contributed by atoms with Crippen LogP contribution in [0, 0.1) is 0 Å². The zero-order chi connectivity index (χ0) is 2.00. The van der Waals surface area contributed by atoms with Crippen molar-refractivity contribution in [1.29, 1.82) is 0 Å². The van der Waals surface area contributed by atoms with Crippen LogP contribution in [0.5, 0.6) is 0 Å². The normalized spacial score (nSPS) is 1.00. The molecule has 0 fully saturated rings. The van der Waals surface area contributed by atoms with Crippen molar-refractivity contribution in [3.63, 3.8) is 0 Å². The first-order valence-corrected chi connectivity index (χ1v) is 2.42. The van der Waals surface area contributed by atoms with E-state index >= 15 is 0 Å². The molecule has 0 atom stereocenters. The minimum Gasteiger partial charge on any atom is 0 e. The Labute approximate surface area is 74.7 Å². The molecule has 0 aromatic heterocycles. The van der Waals surface area contributed by atoms with Crippen molar-refractivity contribution in [3.8, 4) is 0 Å². The molecule has 1 radical (unpaired) electrons. The predicted molar refractivity (Wildman–Crippen MR) is 5.86 cm³/mol. The van der Waals surface area contributed by atoms with Crippen LogP contribution in [0.25, 0.3) is 0 Å². The van der Waals surface area contributed by atoms with Crippen LogP contribution >= 0.6 is 0 Å². The van der Waals surface area contributed by atoms with Crippen molar-refractivity contribution >= 4 is 0 Å². The summed E-state index contributed by atoms with van der Waals surface area (Å²) in [5.74, 6) is 0. The summed E-state index contributed by atoms with van der Waals surface area (Å²) < 4.78 is 0. The van der Waals surface area contributed by atoms with Gasteiger partial charge in [-0.2, -0.15) is 0 Å². The Kier molecular flexibility index (Phi) is 186. The number of hydrogen-bond acceptors (Lipinski definition) is 0. The molecule has 5 heavy (non-hydrogen) atoms. The first-order chi connectivity index (χ1) is 1.00. The summed E-state index contributed by atoms with van der Waals surface area (Å²) in [5.41, 5.74) is 0. The van der Waals surface area contributed by atoms with E-state index in [1.54, 1.807) is 0 Å². The van der Waals surface area contributed by atoms with Crippen LogP contribution < -0.4 is 0 Å². The average Bonchev–Trinajstić information content (AvgIpc) is 1.00. The molecule has 0 saturated carbocycles. The fourth-order valence-electron chi connectivity index (χ4n) is 0. The van der Waals surface area contributed by atoms with Gasteiger partial charge in [0, 0.05) is 50.3 Å². The van der Waals surface area contributed by atoms with Crippen molar-refractivity contribution < 1.29 is 70.2 Å². The molecule has 0 unspecified atom stereocenters. The van der Waals surface area contributed by atoms with Gasteiger partial charge in [-0.25, -0.2) is 0 Å². The Bertz CT molecular complexity index is 11.6. The summed E-state index contributed by atoms with van der Waals surface area (Å²) in [6, 6.07) is 0. The summed E-state index contributed by atoms with van der Waals surface area (Å²) >= 11 is 1.95. The second-order valence-corrected chi connectivity index (χ2v) is 0. The maximum atomic E-state index is 2.01. The quantitative estimate of drug-likeness (QED) is 0.571. The fraction of sp³-hybridized carbons (Fsp3) is 1.00. The largest absolute Gasteiger partial charge is 0 e. The van der Waals surface area contributed by atoms with Crippen molar-refractivity contribution in [2.45, 2.75) is 5.31 Å². The Morgan fingerprint density at radius 2 is 1.20 bits per heavy atom. The standard InChI is InChI=1S/CH3.Co.Fe.Mo.Ni/h1H3;;;;. The van der Waals surface area contributed by atoms with Crippen molar-refractivity contribution in [2.75, 3.05) is 0 Å². The summed E-state index contributed by atoms with van der Waals surface area (Å²) in [6.07, 6.45) is 0. The van der Waals surface area contributed by atoms with E-state index < -0.39 is 0 Å². The molecule has 0 spiro atoms. The SMILES string of the molecule is [CH3][Mo].[Co].[Fe].[Ni]. The predicted octanol–water partition coefficient (Wildman–Crippen LogP) is 0.574. The third-order valence-corrected chi connectivity index (χ3v) is 0. The molecule has 0 aromatic carbocycles. The Morgan fingerprint density at radius 3 is 1.20 bits per heavy atom. The molecular formula is CH3CoFeMoNi. The molecule has 0 saturated heterocycles. The van der Waals surface area contributed by atoms with Gasteiger partial charge in [0.05, 0.1) is 0 Å². The van der Waals surface area contributed by atoms with E-state index in [1.165, 1.54) is 0 Å². The molecule has 0 bridgehead atoms. The van der Waals surface area contributed by atoms with Crippen molar-refractivity contribution in [3.05, 3.63) is 0 Å². The van der Waals surface area contributed by atoms with Crippen molar-refractivity contribution in [1.82, 2.24) is 0 Å². The van der Waals surface area contributed by atoms with E-state index in [1.807, 2.05) is 25.1 Å². The van der Waals surface area contributed by atoms with Gasteiger partial charge in [0.2, 0.25) is 0 Å². The van der Waals surface area contributed by atoms with Gasteiger partial charge in [0.1, 0.15) is 0 Å². The molecule has 0 rings (SSSR count). The van der Waals surface area contributed by atoms with Gasteiger partial charge < -0.3 is 0 Å². The molecule has 0 aliphatic heterocycles. The monoisotopic (exact) mass is 286 g/mol. The maximum absolute atomic E-state index is 2.01. The van der Waals surface area contributed by atoms with Crippen LogP contribution in [0.1, 0.15) is 0 Å². The molecule has 0 nitrogen and oxygen atoms in total. The summed E-state index contributed by atoms with van der Waals surface area (Å²) in [7, 11) is 0. The molecule has 0 heterocycles. The molecule has 4 heteroatoms. The van der Waals surface area contributed by atoms with E-state index in [-0.39, 0.29) is 50.3 Å². The molecule has 0 N–H and O–H groups in total.